The van der Waals surface area contributed by atoms with E-state index in [0.29, 0.717) is 25.8 Å². The number of carbonyl (C=O) groups is 1. The third kappa shape index (κ3) is 3.74. The number of likely N-dealkylation sites (tertiary alicyclic amines) is 1. The van der Waals surface area contributed by atoms with Crippen molar-refractivity contribution in [3.05, 3.63) is 29.8 Å². The average Bonchev–Trinajstić information content (AvgIpc) is 2.48. The molecule has 0 bridgehead atoms. The van der Waals surface area contributed by atoms with Crippen molar-refractivity contribution < 1.29 is 19.7 Å². The van der Waals surface area contributed by atoms with Crippen LogP contribution in [0.2, 0.25) is 0 Å². The highest BCUT2D eigenvalue weighted by Crippen LogP contribution is 2.23. The Balaban J connectivity index is 1.91. The summed E-state index contributed by atoms with van der Waals surface area (Å²) >= 11 is 0. The highest BCUT2D eigenvalue weighted by molar-refractivity contribution is 5.76. The Kier molecular flexibility index (Phi) is 4.85. The van der Waals surface area contributed by atoms with Gasteiger partial charge in [0, 0.05) is 19.5 Å². The first-order chi connectivity index (χ1) is 9.94. The van der Waals surface area contributed by atoms with Crippen LogP contribution in [0.3, 0.4) is 0 Å². The number of aliphatic hydroxyl groups is 2. The van der Waals surface area contributed by atoms with Gasteiger partial charge in [0.15, 0.2) is 0 Å². The van der Waals surface area contributed by atoms with Gasteiger partial charge in [0.1, 0.15) is 5.75 Å². The Labute approximate surface area is 125 Å². The Morgan fingerprint density at radius 3 is 2.86 bits per heavy atom. The minimum absolute atomic E-state index is 0.00421. The number of carbonyl (C=O) groups excluding carboxylic acids is 1. The van der Waals surface area contributed by atoms with Crippen molar-refractivity contribution >= 4 is 5.91 Å². The summed E-state index contributed by atoms with van der Waals surface area (Å²) in [4.78, 5) is 13.8. The van der Waals surface area contributed by atoms with Gasteiger partial charge in [0.25, 0.3) is 0 Å². The zero-order chi connectivity index (χ0) is 15.5. The molecule has 1 aliphatic heterocycles. The van der Waals surface area contributed by atoms with Crippen molar-refractivity contribution in [3.63, 3.8) is 0 Å². The van der Waals surface area contributed by atoms with E-state index in [1.54, 1.807) is 18.9 Å². The zero-order valence-electron chi connectivity index (χ0n) is 12.6. The summed E-state index contributed by atoms with van der Waals surface area (Å²) in [5, 5.41) is 19.8. The molecule has 0 saturated carbocycles. The van der Waals surface area contributed by atoms with E-state index >= 15 is 0 Å². The number of para-hydroxylation sites is 1. The summed E-state index contributed by atoms with van der Waals surface area (Å²) < 4.78 is 5.27. The quantitative estimate of drug-likeness (QED) is 0.868. The number of piperidine rings is 1. The molecule has 1 amide bonds. The maximum atomic E-state index is 12.2. The summed E-state index contributed by atoms with van der Waals surface area (Å²) in [5.74, 6) is 0.780. The molecule has 21 heavy (non-hydrogen) atoms. The van der Waals surface area contributed by atoms with E-state index in [9.17, 15) is 15.0 Å². The van der Waals surface area contributed by atoms with Crippen LogP contribution in [0.15, 0.2) is 24.3 Å². The fourth-order valence-corrected chi connectivity index (χ4v) is 2.56. The predicted molar refractivity (Wildman–Crippen MR) is 79.1 cm³/mol. The second-order valence-corrected chi connectivity index (χ2v) is 5.77. The molecule has 0 aromatic heterocycles. The van der Waals surface area contributed by atoms with Crippen LogP contribution in [0.5, 0.6) is 5.75 Å². The minimum Gasteiger partial charge on any atom is -0.496 e. The van der Waals surface area contributed by atoms with E-state index in [4.69, 9.17) is 4.74 Å². The molecule has 1 aromatic carbocycles. The van der Waals surface area contributed by atoms with Gasteiger partial charge in [-0.05, 0) is 31.4 Å². The van der Waals surface area contributed by atoms with E-state index in [0.717, 1.165) is 11.3 Å². The molecule has 2 N–H and O–H groups in total. The van der Waals surface area contributed by atoms with Crippen LogP contribution in [0.4, 0.5) is 0 Å². The molecule has 0 unspecified atom stereocenters. The summed E-state index contributed by atoms with van der Waals surface area (Å²) in [6.45, 7) is 2.28. The molecular weight excluding hydrogens is 270 g/mol. The number of amides is 1. The van der Waals surface area contributed by atoms with Gasteiger partial charge in [0.2, 0.25) is 5.91 Å². The van der Waals surface area contributed by atoms with Crippen molar-refractivity contribution in [2.75, 3.05) is 20.2 Å². The third-order valence-electron chi connectivity index (χ3n) is 4.15. The molecule has 1 aromatic rings. The van der Waals surface area contributed by atoms with E-state index in [-0.39, 0.29) is 12.5 Å². The highest BCUT2D eigenvalue weighted by atomic mass is 16.5. The second-order valence-electron chi connectivity index (χ2n) is 5.77. The smallest absolute Gasteiger partial charge is 0.222 e. The lowest BCUT2D eigenvalue weighted by atomic mass is 9.90. The number of aryl methyl sites for hydroxylation is 1. The summed E-state index contributed by atoms with van der Waals surface area (Å²) in [7, 11) is 1.61. The van der Waals surface area contributed by atoms with Crippen molar-refractivity contribution in [1.29, 1.82) is 0 Å². The number of ether oxygens (including phenoxy) is 1. The van der Waals surface area contributed by atoms with Gasteiger partial charge in [-0.2, -0.15) is 0 Å². The van der Waals surface area contributed by atoms with Gasteiger partial charge < -0.3 is 19.8 Å². The molecule has 1 heterocycles. The third-order valence-corrected chi connectivity index (χ3v) is 4.15. The van der Waals surface area contributed by atoms with Gasteiger partial charge in [0.05, 0.1) is 18.8 Å². The minimum atomic E-state index is -1.10. The van der Waals surface area contributed by atoms with Crippen LogP contribution >= 0.6 is 0 Å². The van der Waals surface area contributed by atoms with Gasteiger partial charge in [-0.1, -0.05) is 18.2 Å². The topological polar surface area (TPSA) is 70.0 Å². The largest absolute Gasteiger partial charge is 0.496 e. The van der Waals surface area contributed by atoms with Crippen molar-refractivity contribution in [1.82, 2.24) is 4.90 Å². The Hall–Kier alpha value is -1.59. The fraction of sp³-hybridized carbons (Fsp3) is 0.562. The van der Waals surface area contributed by atoms with Crippen LogP contribution in [0.1, 0.15) is 25.3 Å². The first-order valence-corrected chi connectivity index (χ1v) is 7.24. The standard InChI is InChI=1S/C16H23NO4/c1-16(20)9-10-17(11-14(16)18)15(19)8-7-12-5-3-4-6-13(12)21-2/h3-6,14,18,20H,7-11H2,1-2H3/t14-,16+/m1/s1. The molecular formula is C16H23NO4. The molecule has 5 nitrogen and oxygen atoms in total. The first kappa shape index (κ1) is 15.8. The lowest BCUT2D eigenvalue weighted by Crippen LogP contribution is -2.55. The number of hydrogen-bond donors (Lipinski definition) is 2. The molecule has 0 aliphatic carbocycles. The van der Waals surface area contributed by atoms with Gasteiger partial charge in [-0.15, -0.1) is 0 Å². The summed E-state index contributed by atoms with van der Waals surface area (Å²) in [6.07, 6.45) is 0.483. The average molecular weight is 293 g/mol. The summed E-state index contributed by atoms with van der Waals surface area (Å²) in [6, 6.07) is 7.64. The molecule has 2 rings (SSSR count). The zero-order valence-corrected chi connectivity index (χ0v) is 12.6. The molecule has 1 saturated heterocycles. The molecule has 0 spiro atoms. The molecule has 1 fully saturated rings. The number of hydrogen-bond acceptors (Lipinski definition) is 4. The van der Waals surface area contributed by atoms with Crippen LogP contribution in [-0.2, 0) is 11.2 Å². The summed E-state index contributed by atoms with van der Waals surface area (Å²) in [5.41, 5.74) is -0.0997. The van der Waals surface area contributed by atoms with E-state index < -0.39 is 11.7 Å². The maximum absolute atomic E-state index is 12.2. The van der Waals surface area contributed by atoms with Crippen molar-refractivity contribution in [2.24, 2.45) is 0 Å². The number of rotatable bonds is 4. The molecule has 1 aliphatic rings. The predicted octanol–water partition coefficient (Wildman–Crippen LogP) is 0.972. The fourth-order valence-electron chi connectivity index (χ4n) is 2.56. The van der Waals surface area contributed by atoms with Crippen molar-refractivity contribution in [2.45, 2.75) is 37.9 Å². The first-order valence-electron chi connectivity index (χ1n) is 7.24. The Morgan fingerprint density at radius 2 is 2.19 bits per heavy atom. The van der Waals surface area contributed by atoms with Gasteiger partial charge in [-0.3, -0.25) is 4.79 Å². The van der Waals surface area contributed by atoms with E-state index in [2.05, 4.69) is 0 Å². The Bertz CT molecular complexity index is 501. The van der Waals surface area contributed by atoms with Crippen LogP contribution < -0.4 is 4.74 Å². The second kappa shape index (κ2) is 6.45. The van der Waals surface area contributed by atoms with Crippen LogP contribution in [-0.4, -0.2) is 52.9 Å². The normalized spacial score (nSPS) is 25.7. The van der Waals surface area contributed by atoms with Crippen LogP contribution in [0, 0.1) is 0 Å². The monoisotopic (exact) mass is 293 g/mol. The molecule has 116 valence electrons. The molecule has 2 atom stereocenters. The lowest BCUT2D eigenvalue weighted by Gasteiger charge is -2.40. The number of aliphatic hydroxyl groups excluding tert-OH is 1. The number of benzene rings is 1. The molecule has 5 heteroatoms. The SMILES string of the molecule is COc1ccccc1CCC(=O)N1CC[C@](C)(O)[C@H](O)C1. The molecule has 0 radical (unpaired) electrons. The Morgan fingerprint density at radius 1 is 1.48 bits per heavy atom. The van der Waals surface area contributed by atoms with Gasteiger partial charge >= 0.3 is 0 Å². The van der Waals surface area contributed by atoms with Gasteiger partial charge in [-0.25, -0.2) is 0 Å². The lowest BCUT2D eigenvalue weighted by molar-refractivity contribution is -0.146. The number of nitrogens with zero attached hydrogens (tertiary/aromatic N) is 1. The number of methoxy groups -OCH3 is 1. The maximum Gasteiger partial charge on any atom is 0.222 e. The van der Waals surface area contributed by atoms with Crippen LogP contribution in [0.25, 0.3) is 0 Å². The van der Waals surface area contributed by atoms with Crippen molar-refractivity contribution in [3.8, 4) is 5.75 Å². The van der Waals surface area contributed by atoms with E-state index in [1.165, 1.54) is 0 Å². The van der Waals surface area contributed by atoms with E-state index in [1.807, 2.05) is 24.3 Å². The number of β-amino-alcohol motifs (C(OH)–C–C–N with tert-alkyl or cyclic N) is 1. The highest BCUT2D eigenvalue weighted by Gasteiger charge is 2.37.